The van der Waals surface area contributed by atoms with Crippen molar-refractivity contribution in [3.63, 3.8) is 0 Å². The second-order valence-electron chi connectivity index (χ2n) is 9.82. The number of carbonyl (C=O) groups is 2. The van der Waals surface area contributed by atoms with E-state index in [1.165, 1.54) is 0 Å². The van der Waals surface area contributed by atoms with Crippen LogP contribution < -0.4 is 4.74 Å². The Morgan fingerprint density at radius 2 is 1.83 bits per heavy atom. The minimum Gasteiger partial charge on any atom is -0.491 e. The lowest BCUT2D eigenvalue weighted by Crippen LogP contribution is -2.46. The van der Waals surface area contributed by atoms with Crippen LogP contribution in [-0.2, 0) is 11.3 Å². The van der Waals surface area contributed by atoms with Gasteiger partial charge in [0.1, 0.15) is 17.9 Å². The van der Waals surface area contributed by atoms with Crippen molar-refractivity contribution in [2.75, 3.05) is 26.2 Å². The van der Waals surface area contributed by atoms with E-state index in [0.717, 1.165) is 30.3 Å². The first-order valence-electron chi connectivity index (χ1n) is 13.1. The van der Waals surface area contributed by atoms with Crippen LogP contribution in [0.1, 0.15) is 56.8 Å². The summed E-state index contributed by atoms with van der Waals surface area (Å²) in [4.78, 5) is 30.6. The van der Waals surface area contributed by atoms with Crippen LogP contribution in [0.5, 0.6) is 5.75 Å². The maximum atomic E-state index is 13.6. The molecule has 2 amide bonds. The highest BCUT2D eigenvalue weighted by Gasteiger charge is 2.27. The fourth-order valence-electron chi connectivity index (χ4n) is 4.88. The van der Waals surface area contributed by atoms with E-state index in [4.69, 9.17) is 4.74 Å². The third-order valence-corrected chi connectivity index (χ3v) is 6.76. The summed E-state index contributed by atoms with van der Waals surface area (Å²) in [5.74, 6) is 1.07. The Bertz CT molecular complexity index is 1170. The number of hydrogen-bond donors (Lipinski definition) is 0. The van der Waals surface area contributed by atoms with Crippen LogP contribution >= 0.6 is 0 Å². The molecule has 1 aliphatic rings. The van der Waals surface area contributed by atoms with E-state index in [9.17, 15) is 9.59 Å². The lowest BCUT2D eigenvalue weighted by molar-refractivity contribution is -0.135. The second kappa shape index (κ2) is 12.0. The molecule has 3 aromatic rings. The molecule has 1 aromatic heterocycles. The number of ether oxygens (including phenoxy) is 1. The zero-order chi connectivity index (χ0) is 25.5. The van der Waals surface area contributed by atoms with Crippen LogP contribution in [-0.4, -0.2) is 68.9 Å². The molecule has 192 valence electrons. The molecule has 2 heterocycles. The molecule has 0 fully saturated rings. The maximum absolute atomic E-state index is 13.6. The van der Waals surface area contributed by atoms with Crippen molar-refractivity contribution < 1.29 is 14.3 Å². The highest BCUT2D eigenvalue weighted by Crippen LogP contribution is 2.24. The predicted octanol–water partition coefficient (Wildman–Crippen LogP) is 4.40. The Morgan fingerprint density at radius 1 is 1.08 bits per heavy atom. The molecular weight excluding hydrogens is 454 g/mol. The summed E-state index contributed by atoms with van der Waals surface area (Å²) in [6.07, 6.45) is 2.85. The molecular formula is C28H37N5O3. The van der Waals surface area contributed by atoms with Gasteiger partial charge in [-0.25, -0.2) is 4.68 Å². The standard InChI is InChI=1S/C28H37N5O3/c1-4-31-16-9-10-17-32(27(34)15-18-33-25-13-7-6-12-24(25)29-30-33)22(19-21(2)3)20-36-26-14-8-5-11-23(26)28(31)35/h5-8,11-14,21-22H,4,9-10,15-20H2,1-3H3/t22-/m0/s1. The summed E-state index contributed by atoms with van der Waals surface area (Å²) < 4.78 is 8.06. The maximum Gasteiger partial charge on any atom is 0.257 e. The Balaban J connectivity index is 1.55. The van der Waals surface area contributed by atoms with Crippen molar-refractivity contribution in [1.82, 2.24) is 24.8 Å². The number of hydrogen-bond acceptors (Lipinski definition) is 5. The smallest absolute Gasteiger partial charge is 0.257 e. The van der Waals surface area contributed by atoms with Gasteiger partial charge in [-0.1, -0.05) is 43.3 Å². The molecule has 1 aliphatic heterocycles. The average Bonchev–Trinajstić information content (AvgIpc) is 3.29. The topological polar surface area (TPSA) is 80.6 Å². The molecule has 2 aromatic carbocycles. The number of aryl methyl sites for hydroxylation is 1. The molecule has 8 heteroatoms. The van der Waals surface area contributed by atoms with Crippen molar-refractivity contribution in [2.24, 2.45) is 5.92 Å². The van der Waals surface area contributed by atoms with Crippen LogP contribution in [0.25, 0.3) is 11.0 Å². The van der Waals surface area contributed by atoms with Gasteiger partial charge in [0.2, 0.25) is 5.91 Å². The number of benzene rings is 2. The molecule has 0 saturated heterocycles. The van der Waals surface area contributed by atoms with Gasteiger partial charge in [0, 0.05) is 26.1 Å². The van der Waals surface area contributed by atoms with Crippen molar-refractivity contribution in [3.05, 3.63) is 54.1 Å². The van der Waals surface area contributed by atoms with Crippen LogP contribution in [0.4, 0.5) is 0 Å². The van der Waals surface area contributed by atoms with Gasteiger partial charge in [0.15, 0.2) is 0 Å². The summed E-state index contributed by atoms with van der Waals surface area (Å²) >= 11 is 0. The van der Waals surface area contributed by atoms with E-state index in [-0.39, 0.29) is 17.9 Å². The zero-order valence-corrected chi connectivity index (χ0v) is 21.6. The number of nitrogens with zero attached hydrogens (tertiary/aromatic N) is 5. The number of amides is 2. The van der Waals surface area contributed by atoms with Crippen LogP contribution in [0.15, 0.2) is 48.5 Å². The predicted molar refractivity (Wildman–Crippen MR) is 140 cm³/mol. The summed E-state index contributed by atoms with van der Waals surface area (Å²) in [6, 6.07) is 15.2. The van der Waals surface area contributed by atoms with Gasteiger partial charge >= 0.3 is 0 Å². The van der Waals surface area contributed by atoms with Gasteiger partial charge in [-0.15, -0.1) is 5.10 Å². The van der Waals surface area contributed by atoms with Crippen LogP contribution in [0.2, 0.25) is 0 Å². The zero-order valence-electron chi connectivity index (χ0n) is 21.6. The normalized spacial score (nSPS) is 17.4. The summed E-state index contributed by atoms with van der Waals surface area (Å²) in [5, 5.41) is 8.46. The van der Waals surface area contributed by atoms with E-state index >= 15 is 0 Å². The van der Waals surface area contributed by atoms with Gasteiger partial charge in [-0.05, 0) is 56.4 Å². The van der Waals surface area contributed by atoms with Gasteiger partial charge in [-0.2, -0.15) is 0 Å². The number of rotatable bonds is 6. The third-order valence-electron chi connectivity index (χ3n) is 6.76. The van der Waals surface area contributed by atoms with Crippen molar-refractivity contribution in [2.45, 2.75) is 59.0 Å². The molecule has 0 saturated carbocycles. The monoisotopic (exact) mass is 491 g/mol. The molecule has 0 N–H and O–H groups in total. The number of aromatic nitrogens is 3. The van der Waals surface area contributed by atoms with Gasteiger partial charge in [0.25, 0.3) is 5.91 Å². The molecule has 1 atom stereocenters. The summed E-state index contributed by atoms with van der Waals surface area (Å²) in [5.41, 5.74) is 2.34. The Kier molecular flexibility index (Phi) is 8.57. The van der Waals surface area contributed by atoms with E-state index in [0.29, 0.717) is 56.4 Å². The Morgan fingerprint density at radius 3 is 2.64 bits per heavy atom. The molecule has 0 aliphatic carbocycles. The van der Waals surface area contributed by atoms with Crippen molar-refractivity contribution in [1.29, 1.82) is 0 Å². The summed E-state index contributed by atoms with van der Waals surface area (Å²) in [6.45, 7) is 9.09. The molecule has 0 spiro atoms. The first-order chi connectivity index (χ1) is 17.5. The first kappa shape index (κ1) is 25.7. The molecule has 36 heavy (non-hydrogen) atoms. The third kappa shape index (κ3) is 6.04. The molecule has 0 bridgehead atoms. The van der Waals surface area contributed by atoms with Crippen LogP contribution in [0, 0.1) is 5.92 Å². The Hall–Kier alpha value is -3.42. The lowest BCUT2D eigenvalue weighted by atomic mass is 10.0. The minimum absolute atomic E-state index is 0.00192. The van der Waals surface area contributed by atoms with E-state index in [1.54, 1.807) is 4.68 Å². The van der Waals surface area contributed by atoms with Gasteiger partial charge in [-0.3, -0.25) is 9.59 Å². The fraction of sp³-hybridized carbons (Fsp3) is 0.500. The van der Waals surface area contributed by atoms with E-state index in [1.807, 2.05) is 65.3 Å². The highest BCUT2D eigenvalue weighted by atomic mass is 16.5. The SMILES string of the molecule is CCN1CCCCN(C(=O)CCn2nnc3ccccc32)[C@@H](CC(C)C)COc2ccccc2C1=O. The highest BCUT2D eigenvalue weighted by molar-refractivity contribution is 5.97. The second-order valence-corrected chi connectivity index (χ2v) is 9.82. The number of carbonyl (C=O) groups excluding carboxylic acids is 2. The molecule has 0 radical (unpaired) electrons. The minimum atomic E-state index is -0.0742. The van der Waals surface area contributed by atoms with E-state index < -0.39 is 0 Å². The number of para-hydroxylation sites is 2. The molecule has 8 nitrogen and oxygen atoms in total. The number of fused-ring (bicyclic) bond motifs is 2. The van der Waals surface area contributed by atoms with Crippen molar-refractivity contribution >= 4 is 22.8 Å². The molecule has 4 rings (SSSR count). The fourth-order valence-corrected chi connectivity index (χ4v) is 4.88. The Labute approximate surface area is 213 Å². The first-order valence-corrected chi connectivity index (χ1v) is 13.1. The van der Waals surface area contributed by atoms with Gasteiger partial charge in [0.05, 0.1) is 23.7 Å². The molecule has 0 unspecified atom stereocenters. The lowest BCUT2D eigenvalue weighted by Gasteiger charge is -2.34. The quantitative estimate of drug-likeness (QED) is 0.511. The largest absolute Gasteiger partial charge is 0.491 e. The van der Waals surface area contributed by atoms with Crippen molar-refractivity contribution in [3.8, 4) is 5.75 Å². The van der Waals surface area contributed by atoms with Crippen LogP contribution in [0.3, 0.4) is 0 Å². The summed E-state index contributed by atoms with van der Waals surface area (Å²) in [7, 11) is 0. The van der Waals surface area contributed by atoms with Gasteiger partial charge < -0.3 is 14.5 Å². The van der Waals surface area contributed by atoms with E-state index in [2.05, 4.69) is 24.2 Å². The average molecular weight is 492 g/mol.